The molecule has 0 spiro atoms. The fraction of sp³-hybridized carbons (Fsp3) is 0.556. The van der Waals surface area contributed by atoms with Crippen LogP contribution in [0.25, 0.3) is 0 Å². The summed E-state index contributed by atoms with van der Waals surface area (Å²) in [5.41, 5.74) is 1.92. The molecule has 0 unspecified atom stereocenters. The van der Waals surface area contributed by atoms with Crippen LogP contribution in [0.3, 0.4) is 0 Å². The molecule has 0 aliphatic heterocycles. The van der Waals surface area contributed by atoms with Gasteiger partial charge in [-0.15, -0.1) is 0 Å². The van der Waals surface area contributed by atoms with Crippen LogP contribution in [0.2, 0.25) is 0 Å². The zero-order valence-electron chi connectivity index (χ0n) is 8.93. The molecule has 0 saturated carbocycles. The van der Waals surface area contributed by atoms with Gasteiger partial charge in [0.2, 0.25) is 0 Å². The number of aryl methyl sites for hydroxylation is 1. The molecule has 1 aromatic heterocycles. The van der Waals surface area contributed by atoms with E-state index in [1.807, 2.05) is 27.7 Å². The van der Waals surface area contributed by atoms with Crippen LogP contribution in [0.1, 0.15) is 25.1 Å². The summed E-state index contributed by atoms with van der Waals surface area (Å²) in [6.45, 7) is 7.63. The van der Waals surface area contributed by atoms with E-state index in [2.05, 4.69) is 20.8 Å². The number of rotatable bonds is 2. The van der Waals surface area contributed by atoms with Crippen molar-refractivity contribution in [3.8, 4) is 0 Å². The van der Waals surface area contributed by atoms with Gasteiger partial charge in [0.1, 0.15) is 0 Å². The fourth-order valence-corrected chi connectivity index (χ4v) is 1.01. The van der Waals surface area contributed by atoms with Gasteiger partial charge < -0.3 is 5.32 Å². The predicted octanol–water partition coefficient (Wildman–Crippen LogP) is 1.56. The van der Waals surface area contributed by atoms with Gasteiger partial charge in [-0.1, -0.05) is 0 Å². The number of urea groups is 1. The molecule has 1 aromatic rings. The lowest BCUT2D eigenvalue weighted by Gasteiger charge is -2.08. The number of carbonyl (C=O) groups excluding carboxylic acids is 1. The molecule has 0 fully saturated rings. The van der Waals surface area contributed by atoms with Gasteiger partial charge in [0, 0.05) is 17.3 Å². The highest BCUT2D eigenvalue weighted by Crippen LogP contribution is 2.13. The lowest BCUT2D eigenvalue weighted by atomic mass is 10.3. The summed E-state index contributed by atoms with van der Waals surface area (Å²) < 4.78 is 0. The Balaban J connectivity index is 2.61. The first-order chi connectivity index (χ1) is 6.50. The minimum atomic E-state index is -0.227. The average molecular weight is 196 g/mol. The minimum absolute atomic E-state index is 0.121. The van der Waals surface area contributed by atoms with E-state index in [0.717, 1.165) is 11.3 Å². The van der Waals surface area contributed by atoms with Crippen molar-refractivity contribution >= 4 is 11.8 Å². The van der Waals surface area contributed by atoms with Crippen LogP contribution >= 0.6 is 0 Å². The standard InChI is InChI=1S/C9H16N4O/c1-5(2)10-9(14)11-8-6(3)7(4)12-13-8/h5H,1-4H3,(H3,10,11,12,13,14). The Morgan fingerprint density at radius 3 is 2.50 bits per heavy atom. The van der Waals surface area contributed by atoms with Gasteiger partial charge >= 0.3 is 6.03 Å². The van der Waals surface area contributed by atoms with Crippen LogP contribution in [0, 0.1) is 13.8 Å². The first-order valence-electron chi connectivity index (χ1n) is 4.59. The molecule has 1 rings (SSSR count). The minimum Gasteiger partial charge on any atom is -0.336 e. The predicted molar refractivity (Wildman–Crippen MR) is 55.4 cm³/mol. The maximum atomic E-state index is 11.3. The summed E-state index contributed by atoms with van der Waals surface area (Å²) in [6.07, 6.45) is 0. The van der Waals surface area contributed by atoms with Gasteiger partial charge in [-0.2, -0.15) is 5.10 Å². The largest absolute Gasteiger partial charge is 0.336 e. The highest BCUT2D eigenvalue weighted by molar-refractivity contribution is 5.89. The molecule has 5 heteroatoms. The molecule has 0 aliphatic rings. The smallest absolute Gasteiger partial charge is 0.320 e. The van der Waals surface area contributed by atoms with Crippen LogP contribution in [0.4, 0.5) is 10.6 Å². The third kappa shape index (κ3) is 2.48. The van der Waals surface area contributed by atoms with E-state index in [0.29, 0.717) is 5.82 Å². The molecule has 78 valence electrons. The summed E-state index contributed by atoms with van der Waals surface area (Å²) in [6, 6.07) is -0.107. The van der Waals surface area contributed by atoms with Crippen LogP contribution in [0.15, 0.2) is 0 Å². The van der Waals surface area contributed by atoms with Crippen LogP contribution in [-0.2, 0) is 0 Å². The Hall–Kier alpha value is -1.52. The topological polar surface area (TPSA) is 69.8 Å². The van der Waals surface area contributed by atoms with Crippen LogP contribution in [0.5, 0.6) is 0 Å². The molecule has 0 radical (unpaired) electrons. The lowest BCUT2D eigenvalue weighted by Crippen LogP contribution is -2.34. The van der Waals surface area contributed by atoms with Crippen molar-refractivity contribution in [2.45, 2.75) is 33.7 Å². The highest BCUT2D eigenvalue weighted by atomic mass is 16.2. The SMILES string of the molecule is Cc1[nH]nc(NC(=O)NC(C)C)c1C. The summed E-state index contributed by atoms with van der Waals surface area (Å²) >= 11 is 0. The Morgan fingerprint density at radius 2 is 2.07 bits per heavy atom. The molecule has 1 heterocycles. The number of H-pyrrole nitrogens is 1. The second-order valence-corrected chi connectivity index (χ2v) is 3.58. The first kappa shape index (κ1) is 10.6. The Labute approximate surface area is 83.3 Å². The molecule has 0 bridgehead atoms. The fourth-order valence-electron chi connectivity index (χ4n) is 1.01. The summed E-state index contributed by atoms with van der Waals surface area (Å²) in [5.74, 6) is 0.584. The van der Waals surface area contributed by atoms with E-state index in [4.69, 9.17) is 0 Å². The zero-order valence-corrected chi connectivity index (χ0v) is 8.93. The van der Waals surface area contributed by atoms with Gasteiger partial charge in [0.25, 0.3) is 0 Å². The third-order valence-electron chi connectivity index (χ3n) is 1.90. The lowest BCUT2D eigenvalue weighted by molar-refractivity contribution is 0.250. The third-order valence-corrected chi connectivity index (χ3v) is 1.90. The normalized spacial score (nSPS) is 10.4. The molecule has 3 N–H and O–H groups in total. The van der Waals surface area contributed by atoms with Gasteiger partial charge in [0.05, 0.1) is 0 Å². The van der Waals surface area contributed by atoms with Crippen molar-refractivity contribution in [2.75, 3.05) is 5.32 Å². The maximum absolute atomic E-state index is 11.3. The van der Waals surface area contributed by atoms with E-state index in [-0.39, 0.29) is 12.1 Å². The first-order valence-corrected chi connectivity index (χ1v) is 4.59. The van der Waals surface area contributed by atoms with Crippen molar-refractivity contribution in [2.24, 2.45) is 0 Å². The number of hydrogen-bond acceptors (Lipinski definition) is 2. The molecular weight excluding hydrogens is 180 g/mol. The second-order valence-electron chi connectivity index (χ2n) is 3.58. The van der Waals surface area contributed by atoms with E-state index in [1.165, 1.54) is 0 Å². The van der Waals surface area contributed by atoms with Gasteiger partial charge in [-0.25, -0.2) is 4.79 Å². The molecule has 0 saturated heterocycles. The van der Waals surface area contributed by atoms with Crippen LogP contribution in [-0.4, -0.2) is 22.3 Å². The molecule has 5 nitrogen and oxygen atoms in total. The molecule has 0 atom stereocenters. The average Bonchev–Trinajstić information content (AvgIpc) is 2.34. The van der Waals surface area contributed by atoms with Crippen molar-refractivity contribution in [3.63, 3.8) is 0 Å². The van der Waals surface area contributed by atoms with E-state index >= 15 is 0 Å². The van der Waals surface area contributed by atoms with Crippen molar-refractivity contribution in [1.29, 1.82) is 0 Å². The number of hydrogen-bond donors (Lipinski definition) is 3. The number of amides is 2. The van der Waals surface area contributed by atoms with Gasteiger partial charge in [-0.05, 0) is 27.7 Å². The Bertz CT molecular complexity index is 330. The Morgan fingerprint density at radius 1 is 1.43 bits per heavy atom. The van der Waals surface area contributed by atoms with Crippen molar-refractivity contribution in [1.82, 2.24) is 15.5 Å². The van der Waals surface area contributed by atoms with Gasteiger partial charge in [0.15, 0.2) is 5.82 Å². The van der Waals surface area contributed by atoms with E-state index in [1.54, 1.807) is 0 Å². The summed E-state index contributed by atoms with van der Waals surface area (Å²) in [4.78, 5) is 11.3. The monoisotopic (exact) mass is 196 g/mol. The van der Waals surface area contributed by atoms with Crippen LogP contribution < -0.4 is 10.6 Å². The number of nitrogens with zero attached hydrogens (tertiary/aromatic N) is 1. The quantitative estimate of drug-likeness (QED) is 0.671. The molecule has 0 aromatic carbocycles. The second kappa shape index (κ2) is 4.13. The maximum Gasteiger partial charge on any atom is 0.320 e. The number of anilines is 1. The summed E-state index contributed by atoms with van der Waals surface area (Å²) in [5, 5.41) is 12.2. The molecular formula is C9H16N4O. The van der Waals surface area contributed by atoms with Crippen molar-refractivity contribution < 1.29 is 4.79 Å². The number of nitrogens with one attached hydrogen (secondary N) is 3. The summed E-state index contributed by atoms with van der Waals surface area (Å²) in [7, 11) is 0. The molecule has 14 heavy (non-hydrogen) atoms. The number of aromatic nitrogens is 2. The van der Waals surface area contributed by atoms with Crippen molar-refractivity contribution in [3.05, 3.63) is 11.3 Å². The number of aromatic amines is 1. The Kier molecular flexibility index (Phi) is 3.11. The molecule has 2 amide bonds. The van der Waals surface area contributed by atoms with Gasteiger partial charge in [-0.3, -0.25) is 10.4 Å². The zero-order chi connectivity index (χ0) is 10.7. The highest BCUT2D eigenvalue weighted by Gasteiger charge is 2.09. The number of carbonyl (C=O) groups is 1. The van der Waals surface area contributed by atoms with E-state index < -0.39 is 0 Å². The molecule has 0 aliphatic carbocycles. The van der Waals surface area contributed by atoms with E-state index in [9.17, 15) is 4.79 Å².